The lowest BCUT2D eigenvalue weighted by atomic mass is 10.6. The predicted octanol–water partition coefficient (Wildman–Crippen LogP) is 0.389. The molecule has 5 nitrogen and oxygen atoms in total. The van der Waals surface area contributed by atoms with E-state index in [0.29, 0.717) is 18.9 Å². The molecule has 2 aromatic heterocycles. The van der Waals surface area contributed by atoms with Crippen molar-refractivity contribution in [2.24, 2.45) is 0 Å². The molecule has 74 valence electrons. The monoisotopic (exact) mass is 210 g/mol. The highest BCUT2D eigenvalue weighted by molar-refractivity contribution is 7.07. The van der Waals surface area contributed by atoms with Gasteiger partial charge in [-0.1, -0.05) is 11.3 Å². The first-order valence-corrected chi connectivity index (χ1v) is 5.06. The van der Waals surface area contributed by atoms with E-state index >= 15 is 0 Å². The average molecular weight is 210 g/mol. The van der Waals surface area contributed by atoms with Crippen LogP contribution in [0.15, 0.2) is 28.6 Å². The summed E-state index contributed by atoms with van der Waals surface area (Å²) in [6.45, 7) is 1.29. The van der Waals surface area contributed by atoms with E-state index in [1.165, 1.54) is 11.3 Å². The van der Waals surface area contributed by atoms with E-state index in [1.807, 2.05) is 0 Å². The molecule has 0 saturated heterocycles. The zero-order chi connectivity index (χ0) is 9.97. The molecule has 2 heterocycles. The molecule has 2 aromatic rings. The van der Waals surface area contributed by atoms with Gasteiger partial charge in [-0.15, -0.1) is 0 Å². The predicted molar refractivity (Wildman–Crippen MR) is 55.2 cm³/mol. The molecular weight excluding hydrogens is 200 g/mol. The number of rotatable bonds is 3. The summed E-state index contributed by atoms with van der Waals surface area (Å²) < 4.78 is 3.38. The van der Waals surface area contributed by atoms with Crippen molar-refractivity contribution in [3.05, 3.63) is 33.5 Å². The van der Waals surface area contributed by atoms with Crippen LogP contribution in [0.5, 0.6) is 0 Å². The van der Waals surface area contributed by atoms with Crippen LogP contribution in [0.2, 0.25) is 0 Å². The van der Waals surface area contributed by atoms with Crippen LogP contribution in [0.25, 0.3) is 0 Å². The highest BCUT2D eigenvalue weighted by atomic mass is 32.1. The maximum Gasteiger partial charge on any atom is 0.307 e. The lowest BCUT2D eigenvalue weighted by Crippen LogP contribution is -2.16. The van der Waals surface area contributed by atoms with Crippen LogP contribution in [-0.4, -0.2) is 14.3 Å². The second kappa shape index (κ2) is 3.67. The Morgan fingerprint density at radius 1 is 1.43 bits per heavy atom. The molecule has 0 amide bonds. The lowest BCUT2D eigenvalue weighted by molar-refractivity contribution is 0.531. The first-order valence-electron chi connectivity index (χ1n) is 4.18. The van der Waals surface area contributed by atoms with E-state index in [1.54, 1.807) is 33.1 Å². The number of thiazole rings is 1. The molecule has 14 heavy (non-hydrogen) atoms. The second-order valence-corrected chi connectivity index (χ2v) is 3.72. The largest absolute Gasteiger partial charge is 0.382 e. The Balaban J connectivity index is 2.01. The number of anilines is 1. The summed E-state index contributed by atoms with van der Waals surface area (Å²) in [5.41, 5.74) is 5.46. The van der Waals surface area contributed by atoms with Crippen LogP contribution in [0, 0.1) is 0 Å². The van der Waals surface area contributed by atoms with E-state index in [0.717, 1.165) is 0 Å². The number of aromatic nitrogens is 3. The van der Waals surface area contributed by atoms with E-state index < -0.39 is 0 Å². The van der Waals surface area contributed by atoms with Crippen molar-refractivity contribution in [2.45, 2.75) is 13.1 Å². The van der Waals surface area contributed by atoms with Crippen LogP contribution < -0.4 is 10.6 Å². The molecule has 0 atom stereocenters. The standard InChI is InChI=1S/C8H10N4OS/c9-7-1-2-12(10-7)4-3-11-5-6-14-8(11)13/h1-2,5-6H,3-4H2,(H2,9,10). The Labute approximate surface area is 84.4 Å². The summed E-state index contributed by atoms with van der Waals surface area (Å²) in [5, 5.41) is 5.80. The van der Waals surface area contributed by atoms with Gasteiger partial charge in [0.25, 0.3) is 0 Å². The van der Waals surface area contributed by atoms with Gasteiger partial charge in [0.15, 0.2) is 0 Å². The summed E-state index contributed by atoms with van der Waals surface area (Å²) >= 11 is 1.20. The van der Waals surface area contributed by atoms with E-state index in [9.17, 15) is 4.79 Å². The quantitative estimate of drug-likeness (QED) is 0.797. The van der Waals surface area contributed by atoms with Gasteiger partial charge in [-0.25, -0.2) is 0 Å². The summed E-state index contributed by atoms with van der Waals surface area (Å²) in [6.07, 6.45) is 3.58. The smallest absolute Gasteiger partial charge is 0.307 e. The van der Waals surface area contributed by atoms with Gasteiger partial charge in [-0.05, 0) is 6.07 Å². The minimum absolute atomic E-state index is 0.0603. The van der Waals surface area contributed by atoms with Gasteiger partial charge in [0.2, 0.25) is 0 Å². The van der Waals surface area contributed by atoms with Crippen molar-refractivity contribution in [1.82, 2.24) is 14.3 Å². The number of nitrogen functional groups attached to an aromatic ring is 1. The van der Waals surface area contributed by atoms with Crippen molar-refractivity contribution >= 4 is 17.2 Å². The van der Waals surface area contributed by atoms with Crippen molar-refractivity contribution in [3.8, 4) is 0 Å². The van der Waals surface area contributed by atoms with E-state index in [2.05, 4.69) is 5.10 Å². The molecule has 0 spiro atoms. The van der Waals surface area contributed by atoms with Gasteiger partial charge in [0, 0.05) is 24.3 Å². The van der Waals surface area contributed by atoms with Gasteiger partial charge in [0.1, 0.15) is 5.82 Å². The molecule has 0 saturated carbocycles. The maximum atomic E-state index is 11.2. The molecular formula is C8H10N4OS. The molecule has 6 heteroatoms. The highest BCUT2D eigenvalue weighted by Gasteiger charge is 1.98. The number of aryl methyl sites for hydroxylation is 2. The van der Waals surface area contributed by atoms with Crippen LogP contribution in [0.1, 0.15) is 0 Å². The SMILES string of the molecule is Nc1ccn(CCn2ccsc2=O)n1. The number of hydrogen-bond acceptors (Lipinski definition) is 4. The minimum atomic E-state index is 0.0603. The van der Waals surface area contributed by atoms with Crippen LogP contribution in [-0.2, 0) is 13.1 Å². The van der Waals surface area contributed by atoms with Crippen molar-refractivity contribution in [1.29, 1.82) is 0 Å². The summed E-state index contributed by atoms with van der Waals surface area (Å²) in [6, 6.07) is 1.73. The van der Waals surface area contributed by atoms with E-state index in [-0.39, 0.29) is 4.87 Å². The van der Waals surface area contributed by atoms with Gasteiger partial charge in [0.05, 0.1) is 6.54 Å². The van der Waals surface area contributed by atoms with Crippen molar-refractivity contribution in [3.63, 3.8) is 0 Å². The van der Waals surface area contributed by atoms with Gasteiger partial charge in [-0.3, -0.25) is 9.48 Å². The minimum Gasteiger partial charge on any atom is -0.382 e. The summed E-state index contributed by atoms with van der Waals surface area (Å²) in [7, 11) is 0. The molecule has 2 N–H and O–H groups in total. The molecule has 0 fully saturated rings. The Morgan fingerprint density at radius 3 is 2.86 bits per heavy atom. The zero-order valence-corrected chi connectivity index (χ0v) is 8.28. The normalized spacial score (nSPS) is 10.6. The van der Waals surface area contributed by atoms with Crippen molar-refractivity contribution in [2.75, 3.05) is 5.73 Å². The number of nitrogens with two attached hydrogens (primary N) is 1. The lowest BCUT2D eigenvalue weighted by Gasteiger charge is -2.01. The summed E-state index contributed by atoms with van der Waals surface area (Å²) in [4.78, 5) is 11.2. The Hall–Kier alpha value is -1.56. The second-order valence-electron chi connectivity index (χ2n) is 2.87. The third-order valence-electron chi connectivity index (χ3n) is 1.88. The van der Waals surface area contributed by atoms with Gasteiger partial charge in [-0.2, -0.15) is 5.10 Å². The molecule has 0 aliphatic carbocycles. The first kappa shape index (κ1) is 9.01. The zero-order valence-electron chi connectivity index (χ0n) is 7.46. The molecule has 0 aliphatic heterocycles. The third-order valence-corrected chi connectivity index (χ3v) is 2.57. The first-order chi connectivity index (χ1) is 6.75. The maximum absolute atomic E-state index is 11.2. The Bertz CT molecular complexity index is 469. The Kier molecular flexibility index (Phi) is 2.36. The van der Waals surface area contributed by atoms with Gasteiger partial charge < -0.3 is 10.3 Å². The number of nitrogens with zero attached hydrogens (tertiary/aromatic N) is 3. The number of hydrogen-bond donors (Lipinski definition) is 1. The molecule has 0 bridgehead atoms. The van der Waals surface area contributed by atoms with Crippen LogP contribution in [0.3, 0.4) is 0 Å². The van der Waals surface area contributed by atoms with Crippen molar-refractivity contribution < 1.29 is 0 Å². The average Bonchev–Trinajstić information content (AvgIpc) is 2.72. The molecule has 0 radical (unpaired) electrons. The van der Waals surface area contributed by atoms with E-state index in [4.69, 9.17) is 5.73 Å². The van der Waals surface area contributed by atoms with Gasteiger partial charge >= 0.3 is 4.87 Å². The fraction of sp³-hybridized carbons (Fsp3) is 0.250. The van der Waals surface area contributed by atoms with Crippen LogP contribution in [0.4, 0.5) is 5.82 Å². The molecule has 2 rings (SSSR count). The summed E-state index contributed by atoms with van der Waals surface area (Å²) in [5.74, 6) is 0.502. The fourth-order valence-electron chi connectivity index (χ4n) is 1.17. The molecule has 0 unspecified atom stereocenters. The Morgan fingerprint density at radius 2 is 2.29 bits per heavy atom. The third kappa shape index (κ3) is 1.85. The fourth-order valence-corrected chi connectivity index (χ4v) is 1.78. The topological polar surface area (TPSA) is 65.8 Å². The highest BCUT2D eigenvalue weighted by Crippen LogP contribution is 1.96. The van der Waals surface area contributed by atoms with Crippen LogP contribution >= 0.6 is 11.3 Å². The molecule has 0 aliphatic rings. The molecule has 0 aromatic carbocycles.